The molecule has 0 aliphatic rings. The van der Waals surface area contributed by atoms with Gasteiger partial charge in [0.2, 0.25) is 5.91 Å². The van der Waals surface area contributed by atoms with Crippen LogP contribution in [0.2, 0.25) is 0 Å². The van der Waals surface area contributed by atoms with Crippen LogP contribution >= 0.6 is 0 Å². The van der Waals surface area contributed by atoms with Gasteiger partial charge in [-0.1, -0.05) is 19.4 Å². The van der Waals surface area contributed by atoms with Crippen LogP contribution in [0.1, 0.15) is 53.6 Å². The first kappa shape index (κ1) is 20.3. The van der Waals surface area contributed by atoms with Crippen molar-refractivity contribution < 1.29 is 18.8 Å². The molecule has 0 bridgehead atoms. The molecule has 0 spiro atoms. The highest BCUT2D eigenvalue weighted by molar-refractivity contribution is 5.95. The summed E-state index contributed by atoms with van der Waals surface area (Å²) in [5.41, 5.74) is 2.02. The van der Waals surface area contributed by atoms with Crippen molar-refractivity contribution in [1.82, 2.24) is 9.56 Å². The Labute approximate surface area is 167 Å². The van der Waals surface area contributed by atoms with Crippen LogP contribution in [-0.2, 0) is 16.1 Å². The number of rotatable bonds is 7. The first-order chi connectivity index (χ1) is 13.9. The summed E-state index contributed by atoms with van der Waals surface area (Å²) in [7, 11) is 0. The van der Waals surface area contributed by atoms with Crippen LogP contribution in [-0.4, -0.2) is 21.4 Å². The molecule has 3 rings (SSSR count). The van der Waals surface area contributed by atoms with Gasteiger partial charge in [-0.05, 0) is 38.0 Å². The van der Waals surface area contributed by atoms with Gasteiger partial charge >= 0.3 is 5.97 Å². The van der Waals surface area contributed by atoms with E-state index in [-0.39, 0.29) is 18.1 Å². The first-order valence-electron chi connectivity index (χ1n) is 9.44. The number of esters is 1. The van der Waals surface area contributed by atoms with Gasteiger partial charge in [0, 0.05) is 24.2 Å². The van der Waals surface area contributed by atoms with Crippen LogP contribution < -0.4 is 10.9 Å². The molecule has 1 aromatic carbocycles. The van der Waals surface area contributed by atoms with Gasteiger partial charge in [-0.3, -0.25) is 9.59 Å². The number of amides is 1. The number of fused-ring (bicyclic) bond motifs is 1. The fourth-order valence-electron chi connectivity index (χ4n) is 2.80. The molecule has 8 heteroatoms. The third kappa shape index (κ3) is 4.90. The fraction of sp³-hybridized carbons (Fsp3) is 0.333. The topological polar surface area (TPSA) is 103 Å². The van der Waals surface area contributed by atoms with Crippen LogP contribution in [0, 0.1) is 13.8 Å². The fourth-order valence-corrected chi connectivity index (χ4v) is 2.80. The minimum atomic E-state index is -0.570. The highest BCUT2D eigenvalue weighted by atomic mass is 16.5. The minimum Gasteiger partial charge on any atom is -0.456 e. The number of ether oxygens (including phenoxy) is 1. The summed E-state index contributed by atoms with van der Waals surface area (Å²) in [4.78, 5) is 40.7. The zero-order valence-electron chi connectivity index (χ0n) is 16.7. The Morgan fingerprint density at radius 1 is 1.21 bits per heavy atom. The molecule has 0 atom stereocenters. The smallest absolute Gasteiger partial charge is 0.338 e. The summed E-state index contributed by atoms with van der Waals surface area (Å²) >= 11 is 0. The van der Waals surface area contributed by atoms with Crippen LogP contribution in [0.25, 0.3) is 5.65 Å². The lowest BCUT2D eigenvalue weighted by molar-refractivity contribution is -0.116. The standard InChI is InChI=1S/C21H23N3O5/c1-4-5-6-19(25)23-17-10-15(8-7-13(17)2)21(27)28-12-16-11-20(26)24-18(22-16)9-14(3)29-24/h7-11H,4-6,12H2,1-3H3,(H,23,25). The summed E-state index contributed by atoms with van der Waals surface area (Å²) in [6.07, 6.45) is 2.17. The summed E-state index contributed by atoms with van der Waals surface area (Å²) in [5.74, 6) is -0.106. The molecule has 152 valence electrons. The highest BCUT2D eigenvalue weighted by Crippen LogP contribution is 2.18. The number of nitrogens with zero attached hydrogens (tertiary/aromatic N) is 2. The van der Waals surface area contributed by atoms with Gasteiger partial charge in [0.15, 0.2) is 5.65 Å². The molecule has 0 aliphatic carbocycles. The number of nitrogens with one attached hydrogen (secondary N) is 1. The van der Waals surface area contributed by atoms with E-state index in [0.29, 0.717) is 34.8 Å². The molecular weight excluding hydrogens is 374 g/mol. The molecule has 0 unspecified atom stereocenters. The van der Waals surface area contributed by atoms with Crippen molar-refractivity contribution in [2.24, 2.45) is 0 Å². The van der Waals surface area contributed by atoms with Crippen molar-refractivity contribution in [3.05, 3.63) is 63.3 Å². The average Bonchev–Trinajstić information content (AvgIpc) is 3.07. The number of aryl methyl sites for hydroxylation is 2. The van der Waals surface area contributed by atoms with Crippen LogP contribution in [0.15, 0.2) is 39.6 Å². The van der Waals surface area contributed by atoms with Crippen molar-refractivity contribution in [3.8, 4) is 0 Å². The lowest BCUT2D eigenvalue weighted by Crippen LogP contribution is -2.15. The van der Waals surface area contributed by atoms with Gasteiger partial charge in [-0.2, -0.15) is 0 Å². The summed E-state index contributed by atoms with van der Waals surface area (Å²) in [6.45, 7) is 5.43. The van der Waals surface area contributed by atoms with Gasteiger partial charge < -0.3 is 14.6 Å². The van der Waals surface area contributed by atoms with Gasteiger partial charge in [0.1, 0.15) is 12.4 Å². The number of carbonyl (C=O) groups is 2. The Bertz CT molecular complexity index is 1110. The largest absolute Gasteiger partial charge is 0.456 e. The van der Waals surface area contributed by atoms with Gasteiger partial charge in [0.25, 0.3) is 5.56 Å². The Morgan fingerprint density at radius 3 is 2.76 bits per heavy atom. The molecule has 1 N–H and O–H groups in total. The van der Waals surface area contributed by atoms with Gasteiger partial charge in [0.05, 0.1) is 11.3 Å². The quantitative estimate of drug-likeness (QED) is 0.613. The molecule has 29 heavy (non-hydrogen) atoms. The SMILES string of the molecule is CCCCC(=O)Nc1cc(C(=O)OCc2cc(=O)n3oc(C)cc3n2)ccc1C. The molecule has 0 aliphatic heterocycles. The van der Waals surface area contributed by atoms with E-state index in [1.165, 1.54) is 6.07 Å². The molecule has 0 radical (unpaired) electrons. The van der Waals surface area contributed by atoms with E-state index in [1.54, 1.807) is 31.2 Å². The Kier molecular flexibility index (Phi) is 6.11. The number of benzene rings is 1. The van der Waals surface area contributed by atoms with E-state index in [9.17, 15) is 14.4 Å². The number of carbonyl (C=O) groups excluding carboxylic acids is 2. The number of hydrogen-bond donors (Lipinski definition) is 1. The molecule has 8 nitrogen and oxygen atoms in total. The van der Waals surface area contributed by atoms with E-state index >= 15 is 0 Å². The number of anilines is 1. The van der Waals surface area contributed by atoms with Gasteiger partial charge in [-0.15, -0.1) is 4.57 Å². The first-order valence-corrected chi connectivity index (χ1v) is 9.44. The highest BCUT2D eigenvalue weighted by Gasteiger charge is 2.13. The van der Waals surface area contributed by atoms with E-state index in [0.717, 1.165) is 23.0 Å². The molecule has 2 heterocycles. The second kappa shape index (κ2) is 8.72. The number of hydrogen-bond acceptors (Lipinski definition) is 6. The van der Waals surface area contributed by atoms with Crippen LogP contribution in [0.4, 0.5) is 5.69 Å². The molecule has 2 aromatic heterocycles. The Hall–Kier alpha value is -3.42. The predicted octanol–water partition coefficient (Wildman–Crippen LogP) is 3.39. The Morgan fingerprint density at radius 2 is 2.00 bits per heavy atom. The zero-order valence-corrected chi connectivity index (χ0v) is 16.7. The molecule has 1 amide bonds. The lowest BCUT2D eigenvalue weighted by Gasteiger charge is -2.10. The summed E-state index contributed by atoms with van der Waals surface area (Å²) < 4.78 is 11.6. The van der Waals surface area contributed by atoms with Crippen molar-refractivity contribution in [1.29, 1.82) is 0 Å². The van der Waals surface area contributed by atoms with Crippen LogP contribution in [0.3, 0.4) is 0 Å². The summed E-state index contributed by atoms with van der Waals surface area (Å²) in [6, 6.07) is 7.85. The van der Waals surface area contributed by atoms with E-state index in [1.807, 2.05) is 13.8 Å². The van der Waals surface area contributed by atoms with Crippen molar-refractivity contribution in [3.63, 3.8) is 0 Å². The van der Waals surface area contributed by atoms with Crippen molar-refractivity contribution in [2.45, 2.75) is 46.6 Å². The predicted molar refractivity (Wildman–Crippen MR) is 107 cm³/mol. The molecule has 0 saturated carbocycles. The second-order valence-corrected chi connectivity index (χ2v) is 6.84. The normalized spacial score (nSPS) is 10.9. The number of aromatic nitrogens is 2. The van der Waals surface area contributed by atoms with Gasteiger partial charge in [-0.25, -0.2) is 9.78 Å². The zero-order chi connectivity index (χ0) is 21.0. The second-order valence-electron chi connectivity index (χ2n) is 6.84. The van der Waals surface area contributed by atoms with Crippen molar-refractivity contribution in [2.75, 3.05) is 5.32 Å². The Balaban J connectivity index is 1.70. The minimum absolute atomic E-state index is 0.0890. The summed E-state index contributed by atoms with van der Waals surface area (Å²) in [5, 5.41) is 2.83. The lowest BCUT2D eigenvalue weighted by atomic mass is 10.1. The van der Waals surface area contributed by atoms with E-state index in [4.69, 9.17) is 9.26 Å². The van der Waals surface area contributed by atoms with Crippen molar-refractivity contribution >= 4 is 23.2 Å². The maximum Gasteiger partial charge on any atom is 0.338 e. The third-order valence-corrected chi connectivity index (χ3v) is 4.38. The molecule has 3 aromatic rings. The van der Waals surface area contributed by atoms with Crippen LogP contribution in [0.5, 0.6) is 0 Å². The third-order valence-electron chi connectivity index (χ3n) is 4.38. The average molecular weight is 397 g/mol. The molecular formula is C21H23N3O5. The maximum absolute atomic E-state index is 12.4. The maximum atomic E-state index is 12.4. The molecule has 0 fully saturated rings. The number of unbranched alkanes of at least 4 members (excludes halogenated alkanes) is 1. The van der Waals surface area contributed by atoms with E-state index < -0.39 is 5.97 Å². The van der Waals surface area contributed by atoms with E-state index in [2.05, 4.69) is 10.3 Å². The molecule has 0 saturated heterocycles. The monoisotopic (exact) mass is 397 g/mol.